The summed E-state index contributed by atoms with van der Waals surface area (Å²) in [6.45, 7) is 0.713. The molecular weight excluding hydrogens is 295 g/mol. The van der Waals surface area contributed by atoms with Crippen LogP contribution in [0, 0.1) is 0 Å². The molecule has 0 saturated carbocycles. The molecule has 1 N–H and O–H groups in total. The van der Waals surface area contributed by atoms with Crippen molar-refractivity contribution in [3.63, 3.8) is 0 Å². The predicted octanol–water partition coefficient (Wildman–Crippen LogP) is 2.16. The number of rotatable bonds is 3. The Morgan fingerprint density at radius 3 is 2.55 bits per heavy atom. The maximum Gasteiger partial charge on any atom is 0.417 e. The third-order valence-corrected chi connectivity index (χ3v) is 4.54. The Bertz CT molecular complexity index is 566. The molecule has 0 unspecified atom stereocenters. The van der Waals surface area contributed by atoms with E-state index in [1.165, 1.54) is 6.07 Å². The van der Waals surface area contributed by atoms with Crippen molar-refractivity contribution in [2.45, 2.75) is 30.0 Å². The van der Waals surface area contributed by atoms with Gasteiger partial charge in [-0.2, -0.15) is 13.2 Å². The molecule has 20 heavy (non-hydrogen) atoms. The minimum absolute atomic E-state index is 0.174. The lowest BCUT2D eigenvalue weighted by molar-refractivity contribution is -0.139. The van der Waals surface area contributed by atoms with Gasteiger partial charge in [-0.25, -0.2) is 13.1 Å². The van der Waals surface area contributed by atoms with E-state index in [0.29, 0.717) is 19.4 Å². The Morgan fingerprint density at radius 1 is 1.25 bits per heavy atom. The zero-order chi connectivity index (χ0) is 14.8. The second kappa shape index (κ2) is 5.71. The standard InChI is InChI=1S/C12H14F3NO3S/c13-12(14,15)10-5-1-2-6-11(10)20(17,18)16-9-4-3-7-19-8-9/h1-2,5-6,9,16H,3-4,7-8H2/t9-/m1/s1. The molecule has 8 heteroatoms. The van der Waals surface area contributed by atoms with Crippen LogP contribution in [0.1, 0.15) is 18.4 Å². The highest BCUT2D eigenvalue weighted by atomic mass is 32.2. The molecule has 1 aliphatic heterocycles. The summed E-state index contributed by atoms with van der Waals surface area (Å²) in [4.78, 5) is -0.752. The highest BCUT2D eigenvalue weighted by Gasteiger charge is 2.37. The highest BCUT2D eigenvalue weighted by molar-refractivity contribution is 7.89. The largest absolute Gasteiger partial charge is 0.417 e. The first-order valence-corrected chi connectivity index (χ1v) is 7.55. The number of nitrogens with one attached hydrogen (secondary N) is 1. The zero-order valence-corrected chi connectivity index (χ0v) is 11.3. The Labute approximate surface area is 115 Å². The molecule has 4 nitrogen and oxygen atoms in total. The molecule has 0 aliphatic carbocycles. The first-order valence-electron chi connectivity index (χ1n) is 6.07. The van der Waals surface area contributed by atoms with E-state index >= 15 is 0 Å². The Hall–Kier alpha value is -1.12. The van der Waals surface area contributed by atoms with E-state index in [-0.39, 0.29) is 6.61 Å². The van der Waals surface area contributed by atoms with Crippen molar-refractivity contribution in [2.75, 3.05) is 13.2 Å². The van der Waals surface area contributed by atoms with Crippen LogP contribution in [0.15, 0.2) is 29.2 Å². The number of halogens is 3. The highest BCUT2D eigenvalue weighted by Crippen LogP contribution is 2.34. The number of alkyl halides is 3. The van der Waals surface area contributed by atoms with Gasteiger partial charge in [0.05, 0.1) is 17.1 Å². The van der Waals surface area contributed by atoms with Crippen LogP contribution in [0.5, 0.6) is 0 Å². The molecule has 0 amide bonds. The molecule has 1 aliphatic rings. The van der Waals surface area contributed by atoms with Crippen molar-refractivity contribution >= 4 is 10.0 Å². The predicted molar refractivity (Wildman–Crippen MR) is 65.6 cm³/mol. The summed E-state index contributed by atoms with van der Waals surface area (Å²) in [6, 6.07) is 3.64. The quantitative estimate of drug-likeness (QED) is 0.931. The Morgan fingerprint density at radius 2 is 1.95 bits per heavy atom. The van der Waals surface area contributed by atoms with Crippen molar-refractivity contribution in [1.82, 2.24) is 4.72 Å². The smallest absolute Gasteiger partial charge is 0.380 e. The molecular formula is C12H14F3NO3S. The summed E-state index contributed by atoms with van der Waals surface area (Å²) >= 11 is 0. The van der Waals surface area contributed by atoms with Gasteiger partial charge in [0.25, 0.3) is 0 Å². The van der Waals surface area contributed by atoms with Crippen LogP contribution in [0.25, 0.3) is 0 Å². The topological polar surface area (TPSA) is 55.4 Å². The lowest BCUT2D eigenvalue weighted by atomic mass is 10.1. The third-order valence-electron chi connectivity index (χ3n) is 2.96. The van der Waals surface area contributed by atoms with Crippen LogP contribution >= 0.6 is 0 Å². The van der Waals surface area contributed by atoms with Crippen LogP contribution in [0.2, 0.25) is 0 Å². The number of ether oxygens (including phenoxy) is 1. The van der Waals surface area contributed by atoms with Gasteiger partial charge in [-0.05, 0) is 25.0 Å². The summed E-state index contributed by atoms with van der Waals surface area (Å²) in [6.07, 6.45) is -3.49. The lowest BCUT2D eigenvalue weighted by Crippen LogP contribution is -2.41. The zero-order valence-electron chi connectivity index (χ0n) is 10.5. The molecule has 1 aromatic rings. The minimum atomic E-state index is -4.71. The average molecular weight is 309 g/mol. The number of hydrogen-bond donors (Lipinski definition) is 1. The second-order valence-electron chi connectivity index (χ2n) is 4.53. The van der Waals surface area contributed by atoms with Crippen LogP contribution < -0.4 is 4.72 Å². The van der Waals surface area contributed by atoms with E-state index in [0.717, 1.165) is 18.2 Å². The number of benzene rings is 1. The molecule has 0 radical (unpaired) electrons. The first kappa shape index (κ1) is 15.3. The van der Waals surface area contributed by atoms with Gasteiger partial charge in [-0.15, -0.1) is 0 Å². The molecule has 2 rings (SSSR count). The molecule has 112 valence electrons. The third kappa shape index (κ3) is 3.50. The lowest BCUT2D eigenvalue weighted by Gasteiger charge is -2.23. The van der Waals surface area contributed by atoms with E-state index < -0.39 is 32.7 Å². The minimum Gasteiger partial charge on any atom is -0.380 e. The number of hydrogen-bond acceptors (Lipinski definition) is 3. The van der Waals surface area contributed by atoms with Gasteiger partial charge >= 0.3 is 6.18 Å². The van der Waals surface area contributed by atoms with E-state index in [1.807, 2.05) is 0 Å². The molecule has 1 heterocycles. The monoisotopic (exact) mass is 309 g/mol. The van der Waals surface area contributed by atoms with Gasteiger partial charge in [0.2, 0.25) is 10.0 Å². The van der Waals surface area contributed by atoms with Crippen molar-refractivity contribution in [2.24, 2.45) is 0 Å². The van der Waals surface area contributed by atoms with Gasteiger partial charge in [-0.1, -0.05) is 12.1 Å². The maximum absolute atomic E-state index is 12.8. The molecule has 1 atom stereocenters. The Kier molecular flexibility index (Phi) is 4.36. The number of sulfonamides is 1. The molecule has 1 fully saturated rings. The van der Waals surface area contributed by atoms with Gasteiger partial charge in [0.15, 0.2) is 0 Å². The molecule has 0 spiro atoms. The maximum atomic E-state index is 12.8. The normalized spacial score (nSPS) is 20.9. The molecule has 0 aromatic heterocycles. The van der Waals surface area contributed by atoms with Crippen molar-refractivity contribution in [3.05, 3.63) is 29.8 Å². The van der Waals surface area contributed by atoms with E-state index in [1.54, 1.807) is 0 Å². The van der Waals surface area contributed by atoms with Crippen LogP contribution in [-0.4, -0.2) is 27.7 Å². The van der Waals surface area contributed by atoms with Gasteiger partial charge < -0.3 is 4.74 Å². The van der Waals surface area contributed by atoms with Crippen molar-refractivity contribution in [3.8, 4) is 0 Å². The van der Waals surface area contributed by atoms with Crippen molar-refractivity contribution < 1.29 is 26.3 Å². The van der Waals surface area contributed by atoms with Gasteiger partial charge in [0, 0.05) is 12.6 Å². The van der Waals surface area contributed by atoms with Crippen LogP contribution in [0.3, 0.4) is 0 Å². The van der Waals surface area contributed by atoms with Crippen LogP contribution in [-0.2, 0) is 20.9 Å². The van der Waals surface area contributed by atoms with E-state index in [9.17, 15) is 21.6 Å². The van der Waals surface area contributed by atoms with E-state index in [4.69, 9.17) is 4.74 Å². The van der Waals surface area contributed by atoms with Crippen LogP contribution in [0.4, 0.5) is 13.2 Å². The summed E-state index contributed by atoms with van der Waals surface area (Å²) in [5, 5.41) is 0. The van der Waals surface area contributed by atoms with Gasteiger partial charge in [0.1, 0.15) is 0 Å². The fourth-order valence-corrected chi connectivity index (χ4v) is 3.53. The first-order chi connectivity index (χ1) is 9.31. The summed E-state index contributed by atoms with van der Waals surface area (Å²) in [5.41, 5.74) is -1.16. The second-order valence-corrected chi connectivity index (χ2v) is 6.21. The summed E-state index contributed by atoms with van der Waals surface area (Å²) in [7, 11) is -4.22. The summed E-state index contributed by atoms with van der Waals surface area (Å²) < 4.78 is 70.1. The fraction of sp³-hybridized carbons (Fsp3) is 0.500. The molecule has 0 bridgehead atoms. The summed E-state index contributed by atoms with van der Waals surface area (Å²) in [5.74, 6) is 0. The Balaban J connectivity index is 2.29. The average Bonchev–Trinajstić information content (AvgIpc) is 2.38. The fourth-order valence-electron chi connectivity index (χ4n) is 2.05. The molecule has 1 aromatic carbocycles. The van der Waals surface area contributed by atoms with E-state index in [2.05, 4.69) is 4.72 Å². The van der Waals surface area contributed by atoms with Crippen molar-refractivity contribution in [1.29, 1.82) is 0 Å². The molecule has 1 saturated heterocycles. The SMILES string of the molecule is O=S(=O)(N[C@@H]1CCCOC1)c1ccccc1C(F)(F)F. The van der Waals surface area contributed by atoms with Gasteiger partial charge in [-0.3, -0.25) is 0 Å².